The fourth-order valence-corrected chi connectivity index (χ4v) is 2.40. The zero-order valence-electron chi connectivity index (χ0n) is 10.5. The average molecular weight is 284 g/mol. The smallest absolute Gasteiger partial charge is 0.184 e. The Morgan fingerprint density at radius 1 is 1.40 bits per heavy atom. The molecule has 98 valence electrons. The standard InChI is InChI=1S/C14H9FN4S/c1-8-4-5-17-13-12(8)18-14(20)19(13)10-2-3-11(15)9(6-10)7-16/h2-6H,1H3,(H,18,20). The van der Waals surface area contributed by atoms with Crippen molar-refractivity contribution in [1.29, 1.82) is 5.26 Å². The third-order valence-electron chi connectivity index (χ3n) is 3.11. The number of aromatic amines is 1. The molecule has 0 fully saturated rings. The highest BCUT2D eigenvalue weighted by Crippen LogP contribution is 2.21. The second-order valence-corrected chi connectivity index (χ2v) is 4.75. The zero-order valence-corrected chi connectivity index (χ0v) is 11.3. The lowest BCUT2D eigenvalue weighted by molar-refractivity contribution is 0.623. The molecule has 0 saturated heterocycles. The number of nitrogens with one attached hydrogen (secondary N) is 1. The maximum Gasteiger partial charge on any atom is 0.184 e. The van der Waals surface area contributed by atoms with E-state index in [-0.39, 0.29) is 5.56 Å². The van der Waals surface area contributed by atoms with E-state index in [0.29, 0.717) is 16.1 Å². The van der Waals surface area contributed by atoms with Crippen LogP contribution in [0.1, 0.15) is 11.1 Å². The van der Waals surface area contributed by atoms with Crippen LogP contribution in [0, 0.1) is 28.8 Å². The number of fused-ring (bicyclic) bond motifs is 1. The van der Waals surface area contributed by atoms with Crippen molar-refractivity contribution in [2.75, 3.05) is 0 Å². The second kappa shape index (κ2) is 4.54. The lowest BCUT2D eigenvalue weighted by atomic mass is 10.2. The first-order chi connectivity index (χ1) is 9.61. The van der Waals surface area contributed by atoms with Gasteiger partial charge in [-0.15, -0.1) is 0 Å². The fourth-order valence-electron chi connectivity index (χ4n) is 2.10. The van der Waals surface area contributed by atoms with Gasteiger partial charge in [-0.25, -0.2) is 9.37 Å². The van der Waals surface area contributed by atoms with E-state index < -0.39 is 5.82 Å². The molecule has 6 heteroatoms. The first-order valence-electron chi connectivity index (χ1n) is 5.88. The summed E-state index contributed by atoms with van der Waals surface area (Å²) >= 11 is 5.30. The fraction of sp³-hybridized carbons (Fsp3) is 0.0714. The Balaban J connectivity index is 2.36. The lowest BCUT2D eigenvalue weighted by Crippen LogP contribution is -1.97. The van der Waals surface area contributed by atoms with Gasteiger partial charge in [-0.1, -0.05) is 0 Å². The number of pyridine rings is 1. The van der Waals surface area contributed by atoms with Gasteiger partial charge in [0.1, 0.15) is 11.9 Å². The number of benzene rings is 1. The molecule has 1 N–H and O–H groups in total. The summed E-state index contributed by atoms with van der Waals surface area (Å²) in [6, 6.07) is 7.99. The molecule has 0 radical (unpaired) electrons. The minimum Gasteiger partial charge on any atom is -0.329 e. The van der Waals surface area contributed by atoms with Crippen LogP contribution < -0.4 is 0 Å². The number of H-pyrrole nitrogens is 1. The third kappa shape index (κ3) is 1.80. The number of hydrogen-bond acceptors (Lipinski definition) is 3. The summed E-state index contributed by atoms with van der Waals surface area (Å²) in [6.45, 7) is 1.95. The Hall–Kier alpha value is -2.52. The van der Waals surface area contributed by atoms with Gasteiger partial charge in [-0.3, -0.25) is 4.57 Å². The number of hydrogen-bond donors (Lipinski definition) is 1. The van der Waals surface area contributed by atoms with Crippen LogP contribution >= 0.6 is 12.2 Å². The Kier molecular flexibility index (Phi) is 2.84. The van der Waals surface area contributed by atoms with Gasteiger partial charge in [0.2, 0.25) is 0 Å². The molecule has 0 bridgehead atoms. The summed E-state index contributed by atoms with van der Waals surface area (Å²) in [4.78, 5) is 7.39. The second-order valence-electron chi connectivity index (χ2n) is 4.37. The van der Waals surface area contributed by atoms with Crippen LogP contribution in [-0.4, -0.2) is 14.5 Å². The molecule has 0 saturated carbocycles. The summed E-state index contributed by atoms with van der Waals surface area (Å²) in [5.41, 5.74) is 3.09. The minimum absolute atomic E-state index is 0.0218. The maximum atomic E-state index is 13.4. The first-order valence-corrected chi connectivity index (χ1v) is 6.29. The molecule has 0 aliphatic rings. The lowest BCUT2D eigenvalue weighted by Gasteiger charge is -2.05. The van der Waals surface area contributed by atoms with Crippen molar-refractivity contribution < 1.29 is 4.39 Å². The zero-order chi connectivity index (χ0) is 14.3. The van der Waals surface area contributed by atoms with Crippen LogP contribution in [0.4, 0.5) is 4.39 Å². The summed E-state index contributed by atoms with van der Waals surface area (Å²) in [6.07, 6.45) is 1.69. The van der Waals surface area contributed by atoms with E-state index in [1.165, 1.54) is 12.1 Å². The third-order valence-corrected chi connectivity index (χ3v) is 3.40. The molecule has 20 heavy (non-hydrogen) atoms. The van der Waals surface area contributed by atoms with Gasteiger partial charge in [-0.2, -0.15) is 5.26 Å². The van der Waals surface area contributed by atoms with Crippen molar-refractivity contribution >= 4 is 23.4 Å². The first kappa shape index (κ1) is 12.5. The van der Waals surface area contributed by atoms with Crippen molar-refractivity contribution in [2.45, 2.75) is 6.92 Å². The van der Waals surface area contributed by atoms with Crippen LogP contribution in [0.3, 0.4) is 0 Å². The average Bonchev–Trinajstić information content (AvgIpc) is 2.77. The van der Waals surface area contributed by atoms with Crippen LogP contribution in [0.2, 0.25) is 0 Å². The van der Waals surface area contributed by atoms with E-state index >= 15 is 0 Å². The molecular formula is C14H9FN4S. The summed E-state index contributed by atoms with van der Waals surface area (Å²) < 4.78 is 15.6. The molecule has 0 aliphatic heterocycles. The molecule has 3 rings (SSSR count). The van der Waals surface area contributed by atoms with Gasteiger partial charge in [0.05, 0.1) is 16.8 Å². The van der Waals surface area contributed by atoms with Gasteiger partial charge in [-0.05, 0) is 49.0 Å². The number of halogens is 1. The van der Waals surface area contributed by atoms with Gasteiger partial charge in [0.25, 0.3) is 0 Å². The Morgan fingerprint density at radius 3 is 2.95 bits per heavy atom. The van der Waals surface area contributed by atoms with Gasteiger partial charge >= 0.3 is 0 Å². The Bertz CT molecular complexity index is 917. The maximum absolute atomic E-state index is 13.4. The quantitative estimate of drug-likeness (QED) is 0.697. The number of nitriles is 1. The Morgan fingerprint density at radius 2 is 2.20 bits per heavy atom. The van der Waals surface area contributed by atoms with Crippen molar-refractivity contribution in [2.24, 2.45) is 0 Å². The topological polar surface area (TPSA) is 57.4 Å². The molecule has 0 amide bonds. The number of aryl methyl sites for hydroxylation is 1. The normalized spacial score (nSPS) is 10.7. The van der Waals surface area contributed by atoms with E-state index in [9.17, 15) is 4.39 Å². The van der Waals surface area contributed by atoms with Crippen molar-refractivity contribution in [1.82, 2.24) is 14.5 Å². The monoisotopic (exact) mass is 284 g/mol. The minimum atomic E-state index is -0.549. The highest BCUT2D eigenvalue weighted by Gasteiger charge is 2.11. The summed E-state index contributed by atoms with van der Waals surface area (Å²) in [5, 5.41) is 8.92. The van der Waals surface area contributed by atoms with Crippen LogP contribution in [0.5, 0.6) is 0 Å². The van der Waals surface area contributed by atoms with Crippen LogP contribution in [0.25, 0.3) is 16.9 Å². The molecule has 0 aliphatic carbocycles. The molecule has 1 aromatic carbocycles. The number of nitrogens with zero attached hydrogens (tertiary/aromatic N) is 3. The highest BCUT2D eigenvalue weighted by atomic mass is 32.1. The number of aromatic nitrogens is 3. The molecule has 0 atom stereocenters. The van der Waals surface area contributed by atoms with Gasteiger partial charge in [0.15, 0.2) is 10.4 Å². The van der Waals surface area contributed by atoms with Crippen molar-refractivity contribution in [3.63, 3.8) is 0 Å². The van der Waals surface area contributed by atoms with Crippen molar-refractivity contribution in [3.8, 4) is 11.8 Å². The largest absolute Gasteiger partial charge is 0.329 e. The van der Waals surface area contributed by atoms with Crippen LogP contribution in [-0.2, 0) is 0 Å². The summed E-state index contributed by atoms with van der Waals surface area (Å²) in [5.74, 6) is -0.549. The molecule has 0 spiro atoms. The van der Waals surface area contributed by atoms with Crippen molar-refractivity contribution in [3.05, 3.63) is 52.2 Å². The summed E-state index contributed by atoms with van der Waals surface area (Å²) in [7, 11) is 0. The molecule has 3 aromatic rings. The molecule has 2 aromatic heterocycles. The van der Waals surface area contributed by atoms with Gasteiger partial charge in [0, 0.05) is 6.20 Å². The molecule has 4 nitrogen and oxygen atoms in total. The van der Waals surface area contributed by atoms with Gasteiger partial charge < -0.3 is 4.98 Å². The predicted octanol–water partition coefficient (Wildman–Crippen LogP) is 3.40. The van der Waals surface area contributed by atoms with E-state index in [1.54, 1.807) is 16.8 Å². The molecular weight excluding hydrogens is 275 g/mol. The van der Waals surface area contributed by atoms with E-state index in [0.717, 1.165) is 11.1 Å². The highest BCUT2D eigenvalue weighted by molar-refractivity contribution is 7.71. The number of rotatable bonds is 1. The van der Waals surface area contributed by atoms with E-state index in [2.05, 4.69) is 9.97 Å². The Labute approximate surface area is 119 Å². The molecule has 2 heterocycles. The van der Waals surface area contributed by atoms with Crippen LogP contribution in [0.15, 0.2) is 30.5 Å². The van der Waals surface area contributed by atoms with E-state index in [4.69, 9.17) is 17.5 Å². The predicted molar refractivity (Wildman–Crippen MR) is 75.7 cm³/mol. The SMILES string of the molecule is Cc1ccnc2c1[nH]c(=S)n2-c1ccc(F)c(C#N)c1. The van der Waals surface area contributed by atoms with E-state index in [1.807, 2.05) is 19.1 Å². The molecule has 0 unspecified atom stereocenters. The number of imidazole rings is 1.